The number of aromatic nitrogens is 2. The fraction of sp³-hybridized carbons (Fsp3) is 0.684. The topological polar surface area (TPSA) is 55.7 Å². The fourth-order valence-electron chi connectivity index (χ4n) is 4.36. The Kier molecular flexibility index (Phi) is 5.40. The van der Waals surface area contributed by atoms with Crippen molar-refractivity contribution < 1.29 is 5.11 Å². The molecule has 4 heterocycles. The predicted octanol–water partition coefficient (Wildman–Crippen LogP) is 1.68. The van der Waals surface area contributed by atoms with E-state index in [9.17, 15) is 5.11 Å². The Hall–Kier alpha value is -1.28. The Balaban J connectivity index is 1.47. The van der Waals surface area contributed by atoms with E-state index < -0.39 is 0 Å². The van der Waals surface area contributed by atoms with Gasteiger partial charge in [0, 0.05) is 63.2 Å². The average Bonchev–Trinajstić information content (AvgIpc) is 3.24. The molecule has 2 fully saturated rings. The Morgan fingerprint density at radius 2 is 1.85 bits per heavy atom. The third-order valence-corrected chi connectivity index (χ3v) is 6.91. The van der Waals surface area contributed by atoms with E-state index >= 15 is 0 Å². The molecular formula is C19H29N5OS. The molecule has 2 aliphatic rings. The van der Waals surface area contributed by atoms with Crippen molar-refractivity contribution in [3.63, 3.8) is 0 Å². The van der Waals surface area contributed by atoms with Gasteiger partial charge in [-0.3, -0.25) is 0 Å². The minimum Gasteiger partial charge on any atom is -0.396 e. The standard InChI is InChI=1S/C19H29N5OS/c1-3-22-4-6-23(7-5-22)9-15-10-24(11-16(15)12-25)18-17-8-14(2)26-19(17)21-13-20-18/h8,13,15-16,25H,3-7,9-12H2,1-2H3/t15-,16-/m1/s1. The highest BCUT2D eigenvalue weighted by Gasteiger charge is 2.35. The zero-order valence-electron chi connectivity index (χ0n) is 15.8. The van der Waals surface area contributed by atoms with Crippen LogP contribution in [-0.4, -0.2) is 83.8 Å². The number of anilines is 1. The van der Waals surface area contributed by atoms with Crippen LogP contribution in [0.15, 0.2) is 12.4 Å². The number of rotatable bonds is 5. The first-order valence-electron chi connectivity index (χ1n) is 9.69. The van der Waals surface area contributed by atoms with Gasteiger partial charge in [0.25, 0.3) is 0 Å². The number of aliphatic hydroxyl groups is 1. The molecule has 26 heavy (non-hydrogen) atoms. The summed E-state index contributed by atoms with van der Waals surface area (Å²) < 4.78 is 0. The predicted molar refractivity (Wildman–Crippen MR) is 107 cm³/mol. The molecule has 2 aliphatic heterocycles. The molecule has 0 amide bonds. The summed E-state index contributed by atoms with van der Waals surface area (Å²) >= 11 is 1.72. The van der Waals surface area contributed by atoms with Gasteiger partial charge in [0.05, 0.1) is 5.39 Å². The van der Waals surface area contributed by atoms with Crippen LogP contribution in [0.5, 0.6) is 0 Å². The molecule has 0 bridgehead atoms. The van der Waals surface area contributed by atoms with Gasteiger partial charge >= 0.3 is 0 Å². The quantitative estimate of drug-likeness (QED) is 0.858. The second kappa shape index (κ2) is 7.76. The number of aryl methyl sites for hydroxylation is 1. The third-order valence-electron chi connectivity index (χ3n) is 5.95. The van der Waals surface area contributed by atoms with Crippen molar-refractivity contribution in [2.75, 3.05) is 63.9 Å². The number of hydrogen-bond donors (Lipinski definition) is 1. The zero-order chi connectivity index (χ0) is 18.1. The van der Waals surface area contributed by atoms with Crippen molar-refractivity contribution in [2.24, 2.45) is 11.8 Å². The number of nitrogens with zero attached hydrogens (tertiary/aromatic N) is 5. The van der Waals surface area contributed by atoms with Crippen molar-refractivity contribution >= 4 is 27.4 Å². The van der Waals surface area contributed by atoms with Crippen LogP contribution >= 0.6 is 11.3 Å². The molecule has 6 nitrogen and oxygen atoms in total. The summed E-state index contributed by atoms with van der Waals surface area (Å²) in [5.74, 6) is 1.86. The average molecular weight is 376 g/mol. The molecule has 0 aliphatic carbocycles. The van der Waals surface area contributed by atoms with Gasteiger partial charge in [0.1, 0.15) is 17.0 Å². The van der Waals surface area contributed by atoms with Crippen LogP contribution in [-0.2, 0) is 0 Å². The molecule has 0 aromatic carbocycles. The number of thiophene rings is 1. The molecule has 0 unspecified atom stereocenters. The maximum Gasteiger partial charge on any atom is 0.140 e. The van der Waals surface area contributed by atoms with Crippen molar-refractivity contribution in [1.29, 1.82) is 0 Å². The molecule has 0 spiro atoms. The van der Waals surface area contributed by atoms with E-state index in [-0.39, 0.29) is 6.61 Å². The Morgan fingerprint density at radius 1 is 1.12 bits per heavy atom. The summed E-state index contributed by atoms with van der Waals surface area (Å²) in [7, 11) is 0. The highest BCUT2D eigenvalue weighted by Crippen LogP contribution is 2.34. The molecule has 7 heteroatoms. The molecular weight excluding hydrogens is 346 g/mol. The molecule has 0 saturated carbocycles. The summed E-state index contributed by atoms with van der Waals surface area (Å²) in [5.41, 5.74) is 0. The lowest BCUT2D eigenvalue weighted by Crippen LogP contribution is -2.48. The monoisotopic (exact) mass is 375 g/mol. The van der Waals surface area contributed by atoms with Crippen LogP contribution in [0.25, 0.3) is 10.2 Å². The number of piperazine rings is 1. The Bertz CT molecular complexity index is 743. The van der Waals surface area contributed by atoms with E-state index in [0.29, 0.717) is 11.8 Å². The Morgan fingerprint density at radius 3 is 2.58 bits per heavy atom. The number of likely N-dealkylation sites (N-methyl/N-ethyl adjacent to an activating group) is 1. The van der Waals surface area contributed by atoms with Crippen LogP contribution in [0.4, 0.5) is 5.82 Å². The lowest BCUT2D eigenvalue weighted by Gasteiger charge is -2.36. The molecule has 1 N–H and O–H groups in total. The maximum atomic E-state index is 9.94. The molecule has 2 saturated heterocycles. The van der Waals surface area contributed by atoms with Gasteiger partial charge < -0.3 is 19.8 Å². The number of hydrogen-bond acceptors (Lipinski definition) is 7. The zero-order valence-corrected chi connectivity index (χ0v) is 16.6. The molecule has 2 aromatic rings. The lowest BCUT2D eigenvalue weighted by atomic mass is 9.96. The second-order valence-corrected chi connectivity index (χ2v) is 8.85. The smallest absolute Gasteiger partial charge is 0.140 e. The number of fused-ring (bicyclic) bond motifs is 1. The Labute approximate surface area is 159 Å². The first kappa shape index (κ1) is 18.1. The minimum atomic E-state index is 0.257. The molecule has 0 radical (unpaired) electrons. The summed E-state index contributed by atoms with van der Waals surface area (Å²) in [6.45, 7) is 13.3. The SMILES string of the molecule is CCN1CCN(C[C@@H]2CN(c3ncnc4sc(C)cc34)C[C@@H]2CO)CC1. The van der Waals surface area contributed by atoms with Crippen molar-refractivity contribution in [1.82, 2.24) is 19.8 Å². The molecule has 4 rings (SSSR count). The van der Waals surface area contributed by atoms with Gasteiger partial charge in [-0.15, -0.1) is 11.3 Å². The first-order valence-corrected chi connectivity index (χ1v) is 10.5. The van der Waals surface area contributed by atoms with Crippen molar-refractivity contribution in [3.8, 4) is 0 Å². The van der Waals surface area contributed by atoms with E-state index in [1.165, 1.54) is 4.88 Å². The minimum absolute atomic E-state index is 0.257. The molecule has 2 atom stereocenters. The van der Waals surface area contributed by atoms with Gasteiger partial charge in [-0.05, 0) is 25.5 Å². The van der Waals surface area contributed by atoms with Crippen LogP contribution in [0, 0.1) is 18.8 Å². The molecule has 2 aromatic heterocycles. The van der Waals surface area contributed by atoms with Gasteiger partial charge in [0.2, 0.25) is 0 Å². The van der Waals surface area contributed by atoms with Gasteiger partial charge in [-0.2, -0.15) is 0 Å². The summed E-state index contributed by atoms with van der Waals surface area (Å²) in [5, 5.41) is 11.1. The van der Waals surface area contributed by atoms with Crippen LogP contribution < -0.4 is 4.90 Å². The summed E-state index contributed by atoms with van der Waals surface area (Å²) in [6.07, 6.45) is 1.68. The first-order chi connectivity index (χ1) is 12.7. The van der Waals surface area contributed by atoms with E-state index in [0.717, 1.165) is 68.4 Å². The maximum absolute atomic E-state index is 9.94. The van der Waals surface area contributed by atoms with Gasteiger partial charge in [0.15, 0.2) is 0 Å². The normalized spacial score (nSPS) is 25.4. The van der Waals surface area contributed by atoms with Gasteiger partial charge in [-0.1, -0.05) is 6.92 Å². The lowest BCUT2D eigenvalue weighted by molar-refractivity contribution is 0.106. The largest absolute Gasteiger partial charge is 0.396 e. The summed E-state index contributed by atoms with van der Waals surface area (Å²) in [4.78, 5) is 18.8. The highest BCUT2D eigenvalue weighted by atomic mass is 32.1. The highest BCUT2D eigenvalue weighted by molar-refractivity contribution is 7.18. The van der Waals surface area contributed by atoms with E-state index in [4.69, 9.17) is 0 Å². The van der Waals surface area contributed by atoms with E-state index in [2.05, 4.69) is 44.6 Å². The summed E-state index contributed by atoms with van der Waals surface area (Å²) in [6, 6.07) is 2.20. The fourth-order valence-corrected chi connectivity index (χ4v) is 5.20. The van der Waals surface area contributed by atoms with Crippen molar-refractivity contribution in [3.05, 3.63) is 17.3 Å². The van der Waals surface area contributed by atoms with Gasteiger partial charge in [-0.25, -0.2) is 9.97 Å². The molecule has 142 valence electrons. The van der Waals surface area contributed by atoms with E-state index in [1.54, 1.807) is 17.7 Å². The second-order valence-electron chi connectivity index (χ2n) is 7.62. The van der Waals surface area contributed by atoms with Crippen molar-refractivity contribution in [2.45, 2.75) is 13.8 Å². The third kappa shape index (κ3) is 3.58. The van der Waals surface area contributed by atoms with Crippen LogP contribution in [0.3, 0.4) is 0 Å². The van der Waals surface area contributed by atoms with Crippen LogP contribution in [0.1, 0.15) is 11.8 Å². The number of aliphatic hydroxyl groups excluding tert-OH is 1. The van der Waals surface area contributed by atoms with E-state index in [1.807, 2.05) is 0 Å². The van der Waals surface area contributed by atoms with Crippen LogP contribution in [0.2, 0.25) is 0 Å².